The average Bonchev–Trinajstić information content (AvgIpc) is 2.79. The molecule has 1 fully saturated rings. The average molecular weight is 452 g/mol. The van der Waals surface area contributed by atoms with E-state index in [4.69, 9.17) is 11.6 Å². The standard InChI is InChI=1S/C24H26ClN5O2/c1-17-15-22(20-7-2-3-8-21(20)27-17)28-24(32)26-9-10-29-11-13-30(14-12-29)23(31)18-5-4-6-19(25)16-18/h2-8,15-16H,9-14H2,1H3,(H2,26,27,28,32). The van der Waals surface area contributed by atoms with Crippen LogP contribution in [0, 0.1) is 6.92 Å². The van der Waals surface area contributed by atoms with Crippen LogP contribution in [0.25, 0.3) is 10.9 Å². The van der Waals surface area contributed by atoms with Crippen LogP contribution in [0.3, 0.4) is 0 Å². The van der Waals surface area contributed by atoms with Crippen molar-refractivity contribution in [1.82, 2.24) is 20.1 Å². The van der Waals surface area contributed by atoms with Gasteiger partial charge < -0.3 is 15.5 Å². The van der Waals surface area contributed by atoms with Crippen molar-refractivity contribution < 1.29 is 9.59 Å². The summed E-state index contributed by atoms with van der Waals surface area (Å²) >= 11 is 6.00. The van der Waals surface area contributed by atoms with Crippen molar-refractivity contribution in [3.63, 3.8) is 0 Å². The molecule has 166 valence electrons. The Labute approximate surface area is 192 Å². The second kappa shape index (κ2) is 9.97. The molecule has 3 amide bonds. The fraction of sp³-hybridized carbons (Fsp3) is 0.292. The topological polar surface area (TPSA) is 77.6 Å². The number of carbonyl (C=O) groups is 2. The van der Waals surface area contributed by atoms with Gasteiger partial charge in [0.1, 0.15) is 0 Å². The van der Waals surface area contributed by atoms with Gasteiger partial charge in [-0.2, -0.15) is 0 Å². The second-order valence-electron chi connectivity index (χ2n) is 7.85. The number of anilines is 1. The molecule has 1 aliphatic heterocycles. The molecule has 0 bridgehead atoms. The first-order chi connectivity index (χ1) is 15.5. The predicted octanol–water partition coefficient (Wildman–Crippen LogP) is 3.78. The van der Waals surface area contributed by atoms with Gasteiger partial charge in [-0.25, -0.2) is 4.79 Å². The first-order valence-electron chi connectivity index (χ1n) is 10.7. The molecular weight excluding hydrogens is 426 g/mol. The van der Waals surface area contributed by atoms with Gasteiger partial charge in [-0.15, -0.1) is 0 Å². The number of aromatic nitrogens is 1. The van der Waals surface area contributed by atoms with Crippen molar-refractivity contribution in [2.24, 2.45) is 0 Å². The van der Waals surface area contributed by atoms with Gasteiger partial charge in [0.25, 0.3) is 5.91 Å². The SMILES string of the molecule is Cc1cc(NC(=O)NCCN2CCN(C(=O)c3cccc(Cl)c3)CC2)c2ccccc2n1. The van der Waals surface area contributed by atoms with Gasteiger partial charge in [-0.1, -0.05) is 35.9 Å². The minimum Gasteiger partial charge on any atom is -0.337 e. The van der Waals surface area contributed by atoms with Crippen molar-refractivity contribution in [2.75, 3.05) is 44.6 Å². The smallest absolute Gasteiger partial charge is 0.319 e. The van der Waals surface area contributed by atoms with Crippen molar-refractivity contribution >= 4 is 40.1 Å². The molecule has 0 radical (unpaired) electrons. The fourth-order valence-corrected chi connectivity index (χ4v) is 4.07. The van der Waals surface area contributed by atoms with Crippen LogP contribution in [0.15, 0.2) is 54.6 Å². The number of pyridine rings is 1. The number of nitrogens with zero attached hydrogens (tertiary/aromatic N) is 3. The lowest BCUT2D eigenvalue weighted by Gasteiger charge is -2.34. The molecule has 0 spiro atoms. The Morgan fingerprint density at radius 3 is 2.59 bits per heavy atom. The second-order valence-corrected chi connectivity index (χ2v) is 8.29. The van der Waals surface area contributed by atoms with E-state index in [0.717, 1.165) is 41.9 Å². The molecule has 2 aromatic carbocycles. The highest BCUT2D eigenvalue weighted by Gasteiger charge is 2.22. The van der Waals surface area contributed by atoms with Gasteiger partial charge >= 0.3 is 6.03 Å². The largest absolute Gasteiger partial charge is 0.337 e. The Hall–Kier alpha value is -3.16. The zero-order chi connectivity index (χ0) is 22.5. The van der Waals surface area contributed by atoms with Crippen molar-refractivity contribution in [3.8, 4) is 0 Å². The van der Waals surface area contributed by atoms with Gasteiger partial charge in [0.2, 0.25) is 0 Å². The molecule has 7 nitrogen and oxygen atoms in total. The van der Waals surface area contributed by atoms with Crippen molar-refractivity contribution in [1.29, 1.82) is 0 Å². The van der Waals surface area contributed by atoms with Crippen LogP contribution in [-0.2, 0) is 0 Å². The minimum absolute atomic E-state index is 0.00419. The molecular formula is C24H26ClN5O2. The van der Waals surface area contributed by atoms with Crippen LogP contribution < -0.4 is 10.6 Å². The van der Waals surface area contributed by atoms with E-state index >= 15 is 0 Å². The molecule has 1 aliphatic rings. The Kier molecular flexibility index (Phi) is 6.87. The van der Waals surface area contributed by atoms with Gasteiger partial charge in [0.15, 0.2) is 0 Å². The number of urea groups is 1. The quantitative estimate of drug-likeness (QED) is 0.619. The van der Waals surface area contributed by atoms with Gasteiger partial charge in [0.05, 0.1) is 11.2 Å². The van der Waals surface area contributed by atoms with E-state index in [1.807, 2.05) is 42.2 Å². The van der Waals surface area contributed by atoms with Crippen LogP contribution in [0.4, 0.5) is 10.5 Å². The van der Waals surface area contributed by atoms with Gasteiger partial charge in [-0.3, -0.25) is 14.7 Å². The molecule has 4 rings (SSSR count). The number of aryl methyl sites for hydroxylation is 1. The highest BCUT2D eigenvalue weighted by atomic mass is 35.5. The Morgan fingerprint density at radius 2 is 1.81 bits per heavy atom. The summed E-state index contributed by atoms with van der Waals surface area (Å²) < 4.78 is 0. The maximum absolute atomic E-state index is 12.6. The van der Waals surface area contributed by atoms with Crippen LogP contribution in [-0.4, -0.2) is 66.0 Å². The highest BCUT2D eigenvalue weighted by molar-refractivity contribution is 6.30. The molecule has 0 atom stereocenters. The lowest BCUT2D eigenvalue weighted by atomic mass is 10.1. The molecule has 0 aliphatic carbocycles. The van der Waals surface area contributed by atoms with Crippen molar-refractivity contribution in [3.05, 3.63) is 70.9 Å². The van der Waals surface area contributed by atoms with Gasteiger partial charge in [0, 0.05) is 60.9 Å². The zero-order valence-corrected chi connectivity index (χ0v) is 18.7. The summed E-state index contributed by atoms with van der Waals surface area (Å²) in [6.07, 6.45) is 0. The van der Waals surface area contributed by atoms with E-state index in [9.17, 15) is 9.59 Å². The zero-order valence-electron chi connectivity index (χ0n) is 18.0. The third kappa shape index (κ3) is 5.36. The maximum atomic E-state index is 12.6. The summed E-state index contributed by atoms with van der Waals surface area (Å²) in [5.41, 5.74) is 3.07. The molecule has 32 heavy (non-hydrogen) atoms. The number of para-hydroxylation sites is 1. The number of rotatable bonds is 5. The normalized spacial score (nSPS) is 14.4. The number of fused-ring (bicyclic) bond motifs is 1. The third-order valence-corrected chi connectivity index (χ3v) is 5.77. The van der Waals surface area contributed by atoms with Gasteiger partial charge in [-0.05, 0) is 37.3 Å². The molecule has 2 N–H and O–H groups in total. The van der Waals surface area contributed by atoms with Crippen molar-refractivity contribution in [2.45, 2.75) is 6.92 Å². The van der Waals surface area contributed by atoms with E-state index in [1.54, 1.807) is 24.3 Å². The molecule has 2 heterocycles. The molecule has 0 unspecified atom stereocenters. The van der Waals surface area contributed by atoms with E-state index in [0.29, 0.717) is 30.2 Å². The number of benzene rings is 2. The maximum Gasteiger partial charge on any atom is 0.319 e. The van der Waals surface area contributed by atoms with E-state index in [2.05, 4.69) is 20.5 Å². The predicted molar refractivity (Wildman–Crippen MR) is 127 cm³/mol. The summed E-state index contributed by atoms with van der Waals surface area (Å²) in [7, 11) is 0. The molecule has 0 saturated carbocycles. The summed E-state index contributed by atoms with van der Waals surface area (Å²) in [5.74, 6) is 0.00419. The molecule has 1 aromatic heterocycles. The Balaban J connectivity index is 1.23. The summed E-state index contributed by atoms with van der Waals surface area (Å²) in [4.78, 5) is 33.6. The number of nitrogens with one attached hydrogen (secondary N) is 2. The molecule has 8 heteroatoms. The van der Waals surface area contributed by atoms with Crippen LogP contribution >= 0.6 is 11.6 Å². The van der Waals surface area contributed by atoms with Crippen LogP contribution in [0.5, 0.6) is 0 Å². The first-order valence-corrected chi connectivity index (χ1v) is 11.1. The monoisotopic (exact) mass is 451 g/mol. The third-order valence-electron chi connectivity index (χ3n) is 5.54. The summed E-state index contributed by atoms with van der Waals surface area (Å²) in [6, 6.07) is 16.4. The Morgan fingerprint density at radius 1 is 1.03 bits per heavy atom. The lowest BCUT2D eigenvalue weighted by Crippen LogP contribution is -2.50. The number of hydrogen-bond acceptors (Lipinski definition) is 4. The van der Waals surface area contributed by atoms with Crippen LogP contribution in [0.2, 0.25) is 5.02 Å². The number of carbonyl (C=O) groups excluding carboxylic acids is 2. The number of piperazine rings is 1. The number of amides is 3. The number of hydrogen-bond donors (Lipinski definition) is 2. The summed E-state index contributed by atoms with van der Waals surface area (Å²) in [5, 5.41) is 7.33. The van der Waals surface area contributed by atoms with E-state index in [1.165, 1.54) is 0 Å². The molecule has 1 saturated heterocycles. The minimum atomic E-state index is -0.240. The van der Waals surface area contributed by atoms with E-state index < -0.39 is 0 Å². The molecule has 3 aromatic rings. The number of halogens is 1. The lowest BCUT2D eigenvalue weighted by molar-refractivity contribution is 0.0639. The first kappa shape index (κ1) is 22.0. The van der Waals surface area contributed by atoms with E-state index in [-0.39, 0.29) is 11.9 Å². The highest BCUT2D eigenvalue weighted by Crippen LogP contribution is 2.22. The summed E-state index contributed by atoms with van der Waals surface area (Å²) in [6.45, 7) is 6.00. The Bertz CT molecular complexity index is 1130. The fourth-order valence-electron chi connectivity index (χ4n) is 3.88. The van der Waals surface area contributed by atoms with Crippen LogP contribution in [0.1, 0.15) is 16.1 Å².